The molecule has 0 radical (unpaired) electrons. The summed E-state index contributed by atoms with van der Waals surface area (Å²) in [5.41, 5.74) is 0.123. The van der Waals surface area contributed by atoms with Crippen molar-refractivity contribution >= 4 is 5.91 Å². The largest absolute Gasteiger partial charge is 0.335 e. The van der Waals surface area contributed by atoms with E-state index >= 15 is 0 Å². The summed E-state index contributed by atoms with van der Waals surface area (Å²) in [5.74, 6) is 0.147. The van der Waals surface area contributed by atoms with E-state index in [0.29, 0.717) is 18.4 Å². The van der Waals surface area contributed by atoms with Crippen molar-refractivity contribution in [2.45, 2.75) is 33.2 Å². The molecule has 1 aliphatic rings. The minimum atomic E-state index is -0.541. The summed E-state index contributed by atoms with van der Waals surface area (Å²) in [6.07, 6.45) is 3.66. The summed E-state index contributed by atoms with van der Waals surface area (Å²) in [6.45, 7) is 7.01. The minimum absolute atomic E-state index is 0.123. The van der Waals surface area contributed by atoms with E-state index in [9.17, 15) is 9.18 Å². The van der Waals surface area contributed by atoms with Crippen LogP contribution in [0.2, 0.25) is 0 Å². The van der Waals surface area contributed by atoms with E-state index in [1.165, 1.54) is 12.3 Å². The van der Waals surface area contributed by atoms with Crippen LogP contribution < -0.4 is 0 Å². The molecule has 2 heterocycles. The lowest BCUT2D eigenvalue weighted by Gasteiger charge is -2.41. The quantitative estimate of drug-likeness (QED) is 0.767. The van der Waals surface area contributed by atoms with E-state index in [1.807, 2.05) is 6.92 Å². The Morgan fingerprint density at radius 1 is 1.44 bits per heavy atom. The monoisotopic (exact) mass is 250 g/mol. The number of likely N-dealkylation sites (tertiary alicyclic amines) is 1. The lowest BCUT2D eigenvalue weighted by molar-refractivity contribution is 0.0451. The Labute approximate surface area is 107 Å². The fourth-order valence-electron chi connectivity index (χ4n) is 2.69. The van der Waals surface area contributed by atoms with Gasteiger partial charge in [0.15, 0.2) is 5.82 Å². The lowest BCUT2D eigenvalue weighted by atomic mass is 9.85. The van der Waals surface area contributed by atoms with E-state index in [1.54, 1.807) is 4.90 Å². The molecule has 0 bridgehead atoms. The van der Waals surface area contributed by atoms with E-state index < -0.39 is 5.82 Å². The molecular formula is C14H19FN2O. The zero-order valence-corrected chi connectivity index (χ0v) is 11.1. The van der Waals surface area contributed by atoms with Gasteiger partial charge in [-0.1, -0.05) is 13.8 Å². The number of nitrogens with zero attached hydrogens (tertiary/aromatic N) is 2. The summed E-state index contributed by atoms with van der Waals surface area (Å²) >= 11 is 0. The number of carbonyl (C=O) groups excluding carboxylic acids is 1. The van der Waals surface area contributed by atoms with Crippen LogP contribution in [0.3, 0.4) is 0 Å². The Morgan fingerprint density at radius 2 is 2.17 bits per heavy atom. The van der Waals surface area contributed by atoms with Gasteiger partial charge in [0.25, 0.3) is 5.91 Å². The molecule has 4 heteroatoms. The summed E-state index contributed by atoms with van der Waals surface area (Å²) < 4.78 is 13.6. The van der Waals surface area contributed by atoms with Gasteiger partial charge in [0.2, 0.25) is 0 Å². The number of carbonyl (C=O) groups is 1. The average Bonchev–Trinajstić information content (AvgIpc) is 2.33. The normalized spacial score (nSPS) is 28.2. The van der Waals surface area contributed by atoms with Crippen LogP contribution in [-0.2, 0) is 0 Å². The number of aromatic nitrogens is 1. The molecule has 3 atom stereocenters. The minimum Gasteiger partial charge on any atom is -0.335 e. The molecule has 1 aromatic heterocycles. The number of hydrogen-bond donors (Lipinski definition) is 0. The topological polar surface area (TPSA) is 33.2 Å². The number of amides is 1. The third-order valence-corrected chi connectivity index (χ3v) is 3.86. The van der Waals surface area contributed by atoms with E-state index in [4.69, 9.17) is 0 Å². The Hall–Kier alpha value is -1.45. The number of hydrogen-bond acceptors (Lipinski definition) is 2. The summed E-state index contributed by atoms with van der Waals surface area (Å²) in [7, 11) is 0. The fraction of sp³-hybridized carbons (Fsp3) is 0.571. The summed E-state index contributed by atoms with van der Waals surface area (Å²) in [4.78, 5) is 17.8. The van der Waals surface area contributed by atoms with E-state index in [2.05, 4.69) is 18.8 Å². The summed E-state index contributed by atoms with van der Waals surface area (Å²) in [5, 5.41) is 0. The van der Waals surface area contributed by atoms with Crippen molar-refractivity contribution in [3.8, 4) is 0 Å². The van der Waals surface area contributed by atoms with Gasteiger partial charge in [0.05, 0.1) is 11.8 Å². The predicted octanol–water partition coefficient (Wildman–Crippen LogP) is 2.73. The molecule has 2 rings (SSSR count). The predicted molar refractivity (Wildman–Crippen MR) is 67.6 cm³/mol. The van der Waals surface area contributed by atoms with E-state index in [0.717, 1.165) is 12.6 Å². The second-order valence-corrected chi connectivity index (χ2v) is 5.37. The van der Waals surface area contributed by atoms with Gasteiger partial charge in [0, 0.05) is 18.8 Å². The standard InChI is InChI=1S/C14H19FN2O/c1-9-6-10(2)11(3)17(8-9)14(18)12-4-5-16-7-13(12)15/h4-5,7,9-11H,6,8H2,1-3H3. The van der Waals surface area contributed by atoms with Gasteiger partial charge in [0.1, 0.15) is 0 Å². The maximum absolute atomic E-state index is 13.6. The third kappa shape index (κ3) is 2.37. The molecule has 1 saturated heterocycles. The molecule has 0 aromatic carbocycles. The maximum atomic E-state index is 13.6. The van der Waals surface area contributed by atoms with Gasteiger partial charge >= 0.3 is 0 Å². The number of pyridine rings is 1. The zero-order chi connectivity index (χ0) is 13.3. The highest BCUT2D eigenvalue weighted by atomic mass is 19.1. The Morgan fingerprint density at radius 3 is 2.83 bits per heavy atom. The van der Waals surface area contributed by atoms with Gasteiger partial charge in [-0.05, 0) is 31.2 Å². The SMILES string of the molecule is CC1CC(C)C(C)N(C(=O)c2ccncc2F)C1. The number of piperidine rings is 1. The molecule has 3 unspecified atom stereocenters. The van der Waals surface area contributed by atoms with Crippen molar-refractivity contribution in [2.24, 2.45) is 11.8 Å². The number of halogens is 1. The zero-order valence-electron chi connectivity index (χ0n) is 11.1. The molecule has 1 fully saturated rings. The second-order valence-electron chi connectivity index (χ2n) is 5.37. The first kappa shape index (κ1) is 13.0. The van der Waals surface area contributed by atoms with Crippen LogP contribution in [0.5, 0.6) is 0 Å². The van der Waals surface area contributed by atoms with Gasteiger partial charge in [-0.2, -0.15) is 0 Å². The van der Waals surface area contributed by atoms with Crippen molar-refractivity contribution in [2.75, 3.05) is 6.54 Å². The summed E-state index contributed by atoms with van der Waals surface area (Å²) in [6, 6.07) is 1.61. The van der Waals surface area contributed by atoms with Crippen LogP contribution in [0.4, 0.5) is 4.39 Å². The van der Waals surface area contributed by atoms with Crippen LogP contribution in [0, 0.1) is 17.7 Å². The van der Waals surface area contributed by atoms with Crippen molar-refractivity contribution in [3.63, 3.8) is 0 Å². The van der Waals surface area contributed by atoms with Gasteiger partial charge < -0.3 is 4.90 Å². The molecule has 98 valence electrons. The van der Waals surface area contributed by atoms with Crippen molar-refractivity contribution < 1.29 is 9.18 Å². The van der Waals surface area contributed by atoms with E-state index in [-0.39, 0.29) is 17.5 Å². The van der Waals surface area contributed by atoms with Crippen LogP contribution in [0.1, 0.15) is 37.6 Å². The second kappa shape index (κ2) is 5.04. The maximum Gasteiger partial charge on any atom is 0.257 e. The van der Waals surface area contributed by atoms with Crippen molar-refractivity contribution in [1.29, 1.82) is 0 Å². The molecular weight excluding hydrogens is 231 g/mol. The molecule has 0 aliphatic carbocycles. The van der Waals surface area contributed by atoms with Crippen LogP contribution in [0.15, 0.2) is 18.5 Å². The van der Waals surface area contributed by atoms with Gasteiger partial charge in [-0.15, -0.1) is 0 Å². The molecule has 18 heavy (non-hydrogen) atoms. The highest BCUT2D eigenvalue weighted by Crippen LogP contribution is 2.28. The Kier molecular flexibility index (Phi) is 3.64. The molecule has 0 saturated carbocycles. The highest BCUT2D eigenvalue weighted by Gasteiger charge is 2.33. The smallest absolute Gasteiger partial charge is 0.257 e. The van der Waals surface area contributed by atoms with Crippen LogP contribution in [-0.4, -0.2) is 28.4 Å². The number of rotatable bonds is 1. The molecule has 3 nitrogen and oxygen atoms in total. The molecule has 1 aromatic rings. The van der Waals surface area contributed by atoms with Crippen LogP contribution in [0.25, 0.3) is 0 Å². The first-order valence-electron chi connectivity index (χ1n) is 6.41. The Balaban J connectivity index is 2.25. The first-order valence-corrected chi connectivity index (χ1v) is 6.41. The van der Waals surface area contributed by atoms with Crippen molar-refractivity contribution in [1.82, 2.24) is 9.88 Å². The third-order valence-electron chi connectivity index (χ3n) is 3.86. The molecule has 1 amide bonds. The van der Waals surface area contributed by atoms with Gasteiger partial charge in [-0.3, -0.25) is 9.78 Å². The van der Waals surface area contributed by atoms with Crippen molar-refractivity contribution in [3.05, 3.63) is 29.8 Å². The Bertz CT molecular complexity index is 449. The van der Waals surface area contributed by atoms with Gasteiger partial charge in [-0.25, -0.2) is 4.39 Å². The fourth-order valence-corrected chi connectivity index (χ4v) is 2.69. The van der Waals surface area contributed by atoms with Crippen LogP contribution >= 0.6 is 0 Å². The molecule has 0 N–H and O–H groups in total. The molecule has 0 spiro atoms. The molecule has 1 aliphatic heterocycles. The average molecular weight is 250 g/mol. The lowest BCUT2D eigenvalue weighted by Crippen LogP contribution is -2.49. The first-order chi connectivity index (χ1) is 8.50. The highest BCUT2D eigenvalue weighted by molar-refractivity contribution is 5.94.